The molecule has 0 aliphatic rings. The van der Waals surface area contributed by atoms with E-state index in [1.54, 1.807) is 0 Å². The molecule has 0 aromatic rings. The first kappa shape index (κ1) is 35.2. The number of hydrogen-bond donors (Lipinski definition) is 0. The molecule has 0 amide bonds. The van der Waals surface area contributed by atoms with Gasteiger partial charge in [-0.1, -0.05) is 0 Å². The monoisotopic (exact) mass is 620 g/mol. The van der Waals surface area contributed by atoms with Gasteiger partial charge in [0.15, 0.2) is 0 Å². The Morgan fingerprint density at radius 2 is 0.514 bits per heavy atom. The maximum Gasteiger partial charge on any atom is 0.462 e. The zero-order valence-corrected chi connectivity index (χ0v) is 15.4. The van der Waals surface area contributed by atoms with Gasteiger partial charge in [0, 0.05) is 0 Å². The van der Waals surface area contributed by atoms with Gasteiger partial charge in [-0.3, -0.25) is 9.47 Å². The second kappa shape index (κ2) is 8.62. The fraction of sp³-hybridized carbons (Fsp3) is 1.00. The van der Waals surface area contributed by atoms with Crippen molar-refractivity contribution in [3.8, 4) is 0 Å². The Balaban J connectivity index is 7.24. The molecule has 37 heavy (non-hydrogen) atoms. The van der Waals surface area contributed by atoms with Crippen LogP contribution in [0.15, 0.2) is 0 Å². The molecule has 0 aromatic carbocycles. The standard InChI is InChI=1S/C11F24O2/c12-1(13,2(14,15)6(20,21)22)4(18,8(26,27)28)36-11(34,35)5(19,9(29,30)31)37-10(32,33)3(16,17)7(23,24)25. The van der Waals surface area contributed by atoms with Crippen molar-refractivity contribution < 1.29 is 115 Å². The summed E-state index contributed by atoms with van der Waals surface area (Å²) in [5.41, 5.74) is 0. The molecule has 0 heterocycles. The summed E-state index contributed by atoms with van der Waals surface area (Å²) in [7, 11) is 0. The molecule has 2 unspecified atom stereocenters. The molecule has 0 N–H and O–H groups in total. The third-order valence-electron chi connectivity index (χ3n) is 3.52. The highest BCUT2D eigenvalue weighted by atomic mass is 19.4. The Morgan fingerprint density at radius 1 is 0.243 bits per heavy atom. The van der Waals surface area contributed by atoms with Crippen molar-refractivity contribution in [1.82, 2.24) is 0 Å². The molecule has 0 aliphatic carbocycles. The van der Waals surface area contributed by atoms with Gasteiger partial charge in [0.25, 0.3) is 0 Å². The molecule has 26 heteroatoms. The summed E-state index contributed by atoms with van der Waals surface area (Å²) in [6.07, 6.45) is -50.2. The van der Waals surface area contributed by atoms with Gasteiger partial charge < -0.3 is 0 Å². The molecule has 0 saturated carbocycles. The molecule has 2 nitrogen and oxygen atoms in total. The highest BCUT2D eigenvalue weighted by Crippen LogP contribution is 2.62. The van der Waals surface area contributed by atoms with Crippen molar-refractivity contribution in [1.29, 1.82) is 0 Å². The minimum Gasteiger partial charge on any atom is -0.265 e. The lowest BCUT2D eigenvalue weighted by Crippen LogP contribution is -2.73. The predicted molar refractivity (Wildman–Crippen MR) is 58.8 cm³/mol. The molecule has 0 radical (unpaired) electrons. The van der Waals surface area contributed by atoms with Crippen LogP contribution in [0.2, 0.25) is 0 Å². The van der Waals surface area contributed by atoms with Crippen LogP contribution in [0.5, 0.6) is 0 Å². The van der Waals surface area contributed by atoms with Gasteiger partial charge in [-0.05, 0) is 0 Å². The van der Waals surface area contributed by atoms with E-state index in [4.69, 9.17) is 0 Å². The average molecular weight is 620 g/mol. The number of rotatable bonds is 8. The van der Waals surface area contributed by atoms with Gasteiger partial charge >= 0.3 is 66.4 Å². The first-order valence-electron chi connectivity index (χ1n) is 7.35. The van der Waals surface area contributed by atoms with E-state index in [0.717, 1.165) is 9.47 Å². The fourth-order valence-corrected chi connectivity index (χ4v) is 1.61. The zero-order chi connectivity index (χ0) is 30.9. The van der Waals surface area contributed by atoms with Crippen molar-refractivity contribution in [3.05, 3.63) is 0 Å². The molecule has 2 atom stereocenters. The Hall–Kier alpha value is -1.76. The summed E-state index contributed by atoms with van der Waals surface area (Å²) in [4.78, 5) is 0. The minimum atomic E-state index is -8.94. The summed E-state index contributed by atoms with van der Waals surface area (Å²) < 4.78 is 306. The lowest BCUT2D eigenvalue weighted by atomic mass is 10.0. The van der Waals surface area contributed by atoms with Gasteiger partial charge in [0.05, 0.1) is 0 Å². The topological polar surface area (TPSA) is 18.5 Å². The number of ether oxygens (including phenoxy) is 2. The van der Waals surface area contributed by atoms with E-state index < -0.39 is 66.4 Å². The smallest absolute Gasteiger partial charge is 0.265 e. The highest BCUT2D eigenvalue weighted by Gasteiger charge is 2.92. The van der Waals surface area contributed by atoms with E-state index in [1.165, 1.54) is 0 Å². The normalized spacial score (nSPS) is 19.5. The maximum absolute atomic E-state index is 13.7. The van der Waals surface area contributed by atoms with Crippen molar-refractivity contribution in [2.75, 3.05) is 0 Å². The highest BCUT2D eigenvalue weighted by molar-refractivity contribution is 5.06. The summed E-state index contributed by atoms with van der Waals surface area (Å²) in [5.74, 6) is -43.4. The number of halogens is 24. The van der Waals surface area contributed by atoms with Crippen LogP contribution in [0, 0.1) is 0 Å². The lowest BCUT2D eigenvalue weighted by Gasteiger charge is -2.43. The van der Waals surface area contributed by atoms with E-state index in [2.05, 4.69) is 0 Å². The van der Waals surface area contributed by atoms with Crippen LogP contribution in [0.4, 0.5) is 105 Å². The molecular weight excluding hydrogens is 620 g/mol. The van der Waals surface area contributed by atoms with Crippen LogP contribution < -0.4 is 0 Å². The first-order valence-corrected chi connectivity index (χ1v) is 7.35. The quantitative estimate of drug-likeness (QED) is 0.259. The average Bonchev–Trinajstić information content (AvgIpc) is 2.56. The molecule has 224 valence electrons. The predicted octanol–water partition coefficient (Wildman–Crippen LogP) is 7.69. The van der Waals surface area contributed by atoms with Crippen molar-refractivity contribution in [2.24, 2.45) is 0 Å². The fourth-order valence-electron chi connectivity index (χ4n) is 1.61. The third kappa shape index (κ3) is 5.26. The van der Waals surface area contributed by atoms with E-state index >= 15 is 0 Å². The van der Waals surface area contributed by atoms with Gasteiger partial charge in [0.2, 0.25) is 0 Å². The molecule has 0 aromatic heterocycles. The Labute approximate surface area is 183 Å². The van der Waals surface area contributed by atoms with Gasteiger partial charge in [-0.25, -0.2) is 0 Å². The Kier molecular flexibility index (Phi) is 8.21. The van der Waals surface area contributed by atoms with Crippen molar-refractivity contribution >= 4 is 0 Å². The molecule has 0 rings (SSSR count). The van der Waals surface area contributed by atoms with Crippen molar-refractivity contribution in [2.45, 2.75) is 66.4 Å². The largest absolute Gasteiger partial charge is 0.462 e. The number of hydrogen-bond acceptors (Lipinski definition) is 2. The van der Waals surface area contributed by atoms with E-state index in [9.17, 15) is 105 Å². The minimum absolute atomic E-state index is 0.838. The van der Waals surface area contributed by atoms with Crippen LogP contribution in [0.1, 0.15) is 0 Å². The van der Waals surface area contributed by atoms with Gasteiger partial charge in [-0.15, -0.1) is 0 Å². The molecule has 0 bridgehead atoms. The van der Waals surface area contributed by atoms with Crippen LogP contribution >= 0.6 is 0 Å². The zero-order valence-electron chi connectivity index (χ0n) is 15.4. The van der Waals surface area contributed by atoms with E-state index in [0.29, 0.717) is 0 Å². The second-order valence-corrected chi connectivity index (χ2v) is 6.14. The molecule has 0 spiro atoms. The first-order chi connectivity index (χ1) is 15.4. The molecule has 0 saturated heterocycles. The third-order valence-corrected chi connectivity index (χ3v) is 3.52. The van der Waals surface area contributed by atoms with Crippen LogP contribution in [-0.2, 0) is 9.47 Å². The van der Waals surface area contributed by atoms with Crippen LogP contribution in [-0.4, -0.2) is 66.4 Å². The molecule has 0 fully saturated rings. The molecule has 0 aliphatic heterocycles. The van der Waals surface area contributed by atoms with Crippen LogP contribution in [0.3, 0.4) is 0 Å². The second-order valence-electron chi connectivity index (χ2n) is 6.14. The van der Waals surface area contributed by atoms with E-state index in [-0.39, 0.29) is 0 Å². The summed E-state index contributed by atoms with van der Waals surface area (Å²) >= 11 is 0. The Morgan fingerprint density at radius 3 is 0.757 bits per heavy atom. The maximum atomic E-state index is 13.7. The van der Waals surface area contributed by atoms with Crippen molar-refractivity contribution in [3.63, 3.8) is 0 Å². The SMILES string of the molecule is FC(F)(F)C(F)(F)C(F)(F)OC(F)(C(F)(F)F)C(F)(F)OC(F)(C(F)(F)F)C(F)(F)C(F)(F)C(F)(F)F. The molecular formula is C11F24O2. The summed E-state index contributed by atoms with van der Waals surface area (Å²) in [5, 5.41) is 0. The van der Waals surface area contributed by atoms with Gasteiger partial charge in [0.1, 0.15) is 0 Å². The number of alkyl halides is 24. The van der Waals surface area contributed by atoms with Crippen LogP contribution in [0.25, 0.3) is 0 Å². The van der Waals surface area contributed by atoms with E-state index in [1.807, 2.05) is 0 Å². The summed E-state index contributed by atoms with van der Waals surface area (Å²) in [6, 6.07) is 0. The Bertz CT molecular complexity index is 813. The lowest BCUT2D eigenvalue weighted by molar-refractivity contribution is -0.569. The van der Waals surface area contributed by atoms with Gasteiger partial charge in [-0.2, -0.15) is 105 Å². The summed E-state index contributed by atoms with van der Waals surface area (Å²) in [6.45, 7) is 0.